The summed E-state index contributed by atoms with van der Waals surface area (Å²) in [6.45, 7) is 7.60. The molecule has 2 N–H and O–H groups in total. The maximum absolute atomic E-state index is 13.3. The van der Waals surface area contributed by atoms with Gasteiger partial charge >= 0.3 is 0 Å². The summed E-state index contributed by atoms with van der Waals surface area (Å²) >= 11 is 1.19. The molecule has 3 rings (SSSR count). The van der Waals surface area contributed by atoms with Crippen LogP contribution in [0.1, 0.15) is 25.1 Å². The quantitative estimate of drug-likeness (QED) is 0.609. The standard InChI is InChI=1S/C18H27N5O4S2/c1-5-12(2)20-14(24)10-22-11-19-17-15(18(22)25)16(13(3)28-17)29(26,27)23-8-6-21(4)7-9-23/h11-12H,5-10H2,1-4H3,(H,20,24)/p+1. The SMILES string of the molecule is CCC(C)NC(=O)Cn1cnc2sc(C)c(S(=O)(=O)N3CC[NH+](C)CC3)c2c1=O. The molecule has 1 saturated heterocycles. The van der Waals surface area contributed by atoms with Crippen LogP contribution in [-0.4, -0.2) is 67.4 Å². The first kappa shape index (κ1) is 21.9. The summed E-state index contributed by atoms with van der Waals surface area (Å²) < 4.78 is 29.3. The minimum Gasteiger partial charge on any atom is -0.352 e. The monoisotopic (exact) mass is 442 g/mol. The average Bonchev–Trinajstić information content (AvgIpc) is 3.01. The van der Waals surface area contributed by atoms with Crippen LogP contribution in [0.5, 0.6) is 0 Å². The van der Waals surface area contributed by atoms with Gasteiger partial charge in [0.05, 0.1) is 44.9 Å². The van der Waals surface area contributed by atoms with Crippen LogP contribution in [0.15, 0.2) is 16.0 Å². The van der Waals surface area contributed by atoms with Gasteiger partial charge in [0.15, 0.2) is 0 Å². The van der Waals surface area contributed by atoms with E-state index in [1.165, 1.54) is 31.4 Å². The molecular formula is C18H28N5O4S2+. The van der Waals surface area contributed by atoms with Crippen molar-refractivity contribution in [1.82, 2.24) is 19.2 Å². The van der Waals surface area contributed by atoms with Crippen LogP contribution in [0.25, 0.3) is 10.2 Å². The van der Waals surface area contributed by atoms with Crippen LogP contribution >= 0.6 is 11.3 Å². The third-order valence-electron chi connectivity index (χ3n) is 5.31. The Balaban J connectivity index is 2.02. The summed E-state index contributed by atoms with van der Waals surface area (Å²) in [7, 11) is -1.78. The number of likely N-dealkylation sites (N-methyl/N-ethyl adjacent to an activating group) is 1. The Kier molecular flexibility index (Phi) is 6.42. The number of sulfonamides is 1. The van der Waals surface area contributed by atoms with Crippen molar-refractivity contribution in [2.45, 2.75) is 44.7 Å². The summed E-state index contributed by atoms with van der Waals surface area (Å²) in [6.07, 6.45) is 2.09. The molecule has 0 saturated carbocycles. The van der Waals surface area contributed by atoms with Gasteiger partial charge in [-0.05, 0) is 20.3 Å². The molecule has 1 aliphatic heterocycles. The predicted octanol–water partition coefficient (Wildman–Crippen LogP) is -0.800. The lowest BCUT2D eigenvalue weighted by molar-refractivity contribution is -0.883. The number of hydrogen-bond donors (Lipinski definition) is 2. The van der Waals surface area contributed by atoms with Crippen LogP contribution in [-0.2, 0) is 21.4 Å². The normalized spacial score (nSPS) is 17.5. The van der Waals surface area contributed by atoms with E-state index in [0.717, 1.165) is 19.5 Å². The van der Waals surface area contributed by atoms with Gasteiger partial charge in [-0.15, -0.1) is 11.3 Å². The number of nitrogens with zero attached hydrogens (tertiary/aromatic N) is 3. The van der Waals surface area contributed by atoms with Crippen molar-refractivity contribution in [3.05, 3.63) is 21.6 Å². The molecule has 29 heavy (non-hydrogen) atoms. The largest absolute Gasteiger partial charge is 0.352 e. The zero-order chi connectivity index (χ0) is 21.3. The highest BCUT2D eigenvalue weighted by Gasteiger charge is 2.34. The van der Waals surface area contributed by atoms with Gasteiger partial charge in [0.1, 0.15) is 16.3 Å². The molecule has 160 valence electrons. The second-order valence-electron chi connectivity index (χ2n) is 7.58. The Morgan fingerprint density at radius 2 is 2.03 bits per heavy atom. The Bertz CT molecular complexity index is 1070. The molecule has 0 aliphatic carbocycles. The van der Waals surface area contributed by atoms with E-state index in [2.05, 4.69) is 10.3 Å². The number of nitrogens with one attached hydrogen (secondary N) is 2. The summed E-state index contributed by atoms with van der Waals surface area (Å²) in [5.74, 6) is -0.305. The number of piperazine rings is 1. The van der Waals surface area contributed by atoms with Crippen LogP contribution < -0.4 is 15.8 Å². The van der Waals surface area contributed by atoms with E-state index < -0.39 is 15.6 Å². The van der Waals surface area contributed by atoms with E-state index >= 15 is 0 Å². The van der Waals surface area contributed by atoms with Crippen LogP contribution in [0, 0.1) is 6.92 Å². The van der Waals surface area contributed by atoms with Crippen LogP contribution in [0.3, 0.4) is 0 Å². The molecule has 1 aliphatic rings. The number of carbonyl (C=O) groups is 1. The summed E-state index contributed by atoms with van der Waals surface area (Å²) in [5, 5.41) is 2.89. The van der Waals surface area contributed by atoms with Crippen LogP contribution in [0.4, 0.5) is 0 Å². The van der Waals surface area contributed by atoms with E-state index in [0.29, 0.717) is 22.8 Å². The lowest BCUT2D eigenvalue weighted by atomic mass is 10.2. The number of rotatable bonds is 6. The van der Waals surface area contributed by atoms with E-state index in [-0.39, 0.29) is 28.8 Å². The summed E-state index contributed by atoms with van der Waals surface area (Å²) in [4.78, 5) is 31.8. The van der Waals surface area contributed by atoms with Gasteiger partial charge in [0.25, 0.3) is 5.56 Å². The molecule has 0 spiro atoms. The molecule has 1 atom stereocenters. The van der Waals surface area contributed by atoms with E-state index in [1.807, 2.05) is 20.9 Å². The maximum Gasteiger partial charge on any atom is 0.263 e. The highest BCUT2D eigenvalue weighted by Crippen LogP contribution is 2.32. The lowest BCUT2D eigenvalue weighted by Gasteiger charge is -2.29. The Morgan fingerprint density at radius 3 is 2.66 bits per heavy atom. The lowest BCUT2D eigenvalue weighted by Crippen LogP contribution is -3.12. The molecule has 2 aromatic rings. The molecule has 3 heterocycles. The number of aromatic nitrogens is 2. The first-order valence-corrected chi connectivity index (χ1v) is 12.0. The van der Waals surface area contributed by atoms with Crippen molar-refractivity contribution >= 4 is 37.5 Å². The first-order chi connectivity index (χ1) is 13.6. The zero-order valence-corrected chi connectivity index (χ0v) is 18.8. The van der Waals surface area contributed by atoms with Gasteiger partial charge in [-0.2, -0.15) is 4.31 Å². The van der Waals surface area contributed by atoms with Crippen LogP contribution in [0.2, 0.25) is 0 Å². The number of carbonyl (C=O) groups excluding carboxylic acids is 1. The smallest absolute Gasteiger partial charge is 0.263 e. The summed E-state index contributed by atoms with van der Waals surface area (Å²) in [5.41, 5.74) is -0.503. The second-order valence-corrected chi connectivity index (χ2v) is 10.7. The van der Waals surface area contributed by atoms with Gasteiger partial charge in [-0.25, -0.2) is 13.4 Å². The fraction of sp³-hybridized carbons (Fsp3) is 0.611. The molecule has 0 bridgehead atoms. The first-order valence-electron chi connectivity index (χ1n) is 9.74. The highest BCUT2D eigenvalue weighted by atomic mass is 32.2. The number of quaternary nitrogens is 1. The van der Waals surface area contributed by atoms with Gasteiger partial charge in [0.2, 0.25) is 15.9 Å². The molecule has 1 amide bonds. The highest BCUT2D eigenvalue weighted by molar-refractivity contribution is 7.89. The van der Waals surface area contributed by atoms with Crippen molar-refractivity contribution in [2.75, 3.05) is 33.2 Å². The number of fused-ring (bicyclic) bond motifs is 1. The van der Waals surface area contributed by atoms with Crippen molar-refractivity contribution in [3.63, 3.8) is 0 Å². The molecule has 11 heteroatoms. The Hall–Kier alpha value is -1.82. The molecule has 9 nitrogen and oxygen atoms in total. The van der Waals surface area contributed by atoms with E-state index in [9.17, 15) is 18.0 Å². The molecular weight excluding hydrogens is 414 g/mol. The average molecular weight is 443 g/mol. The number of thiophene rings is 1. The molecule has 1 unspecified atom stereocenters. The Morgan fingerprint density at radius 1 is 1.38 bits per heavy atom. The topological polar surface area (TPSA) is 106 Å². The van der Waals surface area contributed by atoms with Gasteiger partial charge < -0.3 is 10.2 Å². The zero-order valence-electron chi connectivity index (χ0n) is 17.2. The van der Waals surface area contributed by atoms with Gasteiger partial charge in [0, 0.05) is 10.9 Å². The van der Waals surface area contributed by atoms with Crippen molar-refractivity contribution in [2.24, 2.45) is 0 Å². The third-order valence-corrected chi connectivity index (χ3v) is 8.52. The minimum absolute atomic E-state index is 0.00594. The van der Waals surface area contributed by atoms with Gasteiger partial charge in [-0.3, -0.25) is 14.2 Å². The third kappa shape index (κ3) is 4.37. The molecule has 0 aromatic carbocycles. The maximum atomic E-state index is 13.3. The van der Waals surface area contributed by atoms with E-state index in [1.54, 1.807) is 6.92 Å². The van der Waals surface area contributed by atoms with Crippen molar-refractivity contribution in [3.8, 4) is 0 Å². The molecule has 1 fully saturated rings. The van der Waals surface area contributed by atoms with Gasteiger partial charge in [-0.1, -0.05) is 6.92 Å². The fourth-order valence-corrected chi connectivity index (χ4v) is 6.46. The second kappa shape index (κ2) is 8.50. The van der Waals surface area contributed by atoms with Crippen molar-refractivity contribution in [1.29, 1.82) is 0 Å². The molecule has 0 radical (unpaired) electrons. The predicted molar refractivity (Wildman–Crippen MR) is 112 cm³/mol. The summed E-state index contributed by atoms with van der Waals surface area (Å²) in [6, 6.07) is -0.00594. The van der Waals surface area contributed by atoms with Crippen molar-refractivity contribution < 1.29 is 18.1 Å². The minimum atomic E-state index is -3.81. The number of amides is 1. The number of hydrogen-bond acceptors (Lipinski definition) is 6. The molecule has 2 aromatic heterocycles. The number of aryl methyl sites for hydroxylation is 1. The fourth-order valence-electron chi connectivity index (χ4n) is 3.35. The van der Waals surface area contributed by atoms with E-state index in [4.69, 9.17) is 0 Å². The Labute approximate surface area is 174 Å².